The fraction of sp³-hybridized carbons (Fsp3) is 0. The van der Waals surface area contributed by atoms with Crippen molar-refractivity contribution in [1.29, 1.82) is 0 Å². The first-order valence-corrected chi connectivity index (χ1v) is 1.89. The van der Waals surface area contributed by atoms with Crippen molar-refractivity contribution in [1.82, 2.24) is 0 Å². The smallest absolute Gasteiger partial charge is 0.554 e. The van der Waals surface area contributed by atoms with E-state index in [1.54, 1.807) is 0 Å². The van der Waals surface area contributed by atoms with Crippen molar-refractivity contribution < 1.29 is 59.7 Å². The van der Waals surface area contributed by atoms with Crippen molar-refractivity contribution in [3.63, 3.8) is 0 Å². The maximum absolute atomic E-state index is 8.25. The molecule has 0 heterocycles. The maximum atomic E-state index is 8.25. The Morgan fingerprint density at radius 3 is 0.538 bits per heavy atom. The molecule has 0 aromatic heterocycles. The first kappa shape index (κ1) is 30.0. The Morgan fingerprint density at radius 1 is 0.538 bits per heavy atom. The molecule has 0 spiro atoms. The van der Waals surface area contributed by atoms with Crippen LogP contribution in [0.4, 0.5) is 0 Å². The second-order valence-electron chi connectivity index (χ2n) is 0.385. The minimum atomic E-state index is -0.500. The number of carboxylic acid groups (broad SMARTS) is 4. The molecule has 0 aliphatic heterocycles. The summed E-state index contributed by atoms with van der Waals surface area (Å²) in [5, 5.41) is 33.0. The summed E-state index contributed by atoms with van der Waals surface area (Å²) in [6.45, 7) is -2.00. The summed E-state index contributed by atoms with van der Waals surface area (Å²) >= 11 is 0. The van der Waals surface area contributed by atoms with Gasteiger partial charge < -0.3 is 39.6 Å². The van der Waals surface area contributed by atoms with Crippen LogP contribution < -0.4 is 20.4 Å². The number of hydrogen-bond donors (Lipinski definition) is 0. The summed E-state index contributed by atoms with van der Waals surface area (Å²) in [5.41, 5.74) is 0. The monoisotopic (exact) mass is 373 g/mol. The maximum Gasteiger partial charge on any atom is 4.00 e. The van der Waals surface area contributed by atoms with Crippen molar-refractivity contribution in [3.05, 3.63) is 0 Å². The van der Waals surface area contributed by atoms with Crippen LogP contribution in [0.3, 0.4) is 0 Å². The quantitative estimate of drug-likeness (QED) is 0.379. The molecule has 77 valence electrons. The van der Waals surface area contributed by atoms with E-state index in [9.17, 15) is 0 Å². The molecule has 0 fully saturated rings. The van der Waals surface area contributed by atoms with Crippen LogP contribution in [-0.2, 0) is 39.3 Å². The zero-order valence-electron chi connectivity index (χ0n) is 5.91. The normalized spacial score (nSPS) is 3.69. The van der Waals surface area contributed by atoms with Gasteiger partial charge in [0.2, 0.25) is 0 Å². The fourth-order valence-electron chi connectivity index (χ4n) is 0. The Balaban J connectivity index is -0.0000000213. The second kappa shape index (κ2) is 149. The van der Waals surface area contributed by atoms with Crippen LogP contribution in [0.1, 0.15) is 0 Å². The SMILES string of the molecule is O=C[O-].O=C[O-].O=C[O-].O=C[O-].[Ir+4]. The van der Waals surface area contributed by atoms with Crippen molar-refractivity contribution in [2.75, 3.05) is 0 Å². The molecule has 0 amide bonds. The van der Waals surface area contributed by atoms with Gasteiger partial charge in [-0.1, -0.05) is 0 Å². The molecule has 0 bridgehead atoms. The zero-order chi connectivity index (χ0) is 10.8. The van der Waals surface area contributed by atoms with E-state index in [0.717, 1.165) is 0 Å². The molecule has 8 nitrogen and oxygen atoms in total. The first-order chi connectivity index (χ1) is 5.66. The summed E-state index contributed by atoms with van der Waals surface area (Å²) in [5.74, 6) is 0. The van der Waals surface area contributed by atoms with Crippen molar-refractivity contribution in [3.8, 4) is 0 Å². The van der Waals surface area contributed by atoms with E-state index in [1.807, 2.05) is 0 Å². The zero-order valence-corrected chi connectivity index (χ0v) is 8.30. The Hall–Kier alpha value is -1.47. The third-order valence-electron chi connectivity index (χ3n) is 0. The van der Waals surface area contributed by atoms with E-state index < -0.39 is 25.9 Å². The van der Waals surface area contributed by atoms with E-state index in [2.05, 4.69) is 0 Å². The van der Waals surface area contributed by atoms with Gasteiger partial charge >= 0.3 is 20.1 Å². The fourth-order valence-corrected chi connectivity index (χ4v) is 0. The Morgan fingerprint density at radius 2 is 0.538 bits per heavy atom. The van der Waals surface area contributed by atoms with E-state index in [1.165, 1.54) is 0 Å². The Bertz CT molecular complexity index is 70.1. The van der Waals surface area contributed by atoms with Crippen LogP contribution in [0, 0.1) is 0 Å². The predicted molar refractivity (Wildman–Crippen MR) is 24.3 cm³/mol. The number of hydrogen-bond acceptors (Lipinski definition) is 8. The van der Waals surface area contributed by atoms with E-state index in [0.29, 0.717) is 0 Å². The van der Waals surface area contributed by atoms with E-state index >= 15 is 0 Å². The van der Waals surface area contributed by atoms with Gasteiger partial charge in [0.25, 0.3) is 0 Å². The van der Waals surface area contributed by atoms with E-state index in [-0.39, 0.29) is 20.1 Å². The molecule has 0 unspecified atom stereocenters. The molecule has 0 rings (SSSR count). The minimum absolute atomic E-state index is 0. The molecule has 0 aromatic rings. The predicted octanol–water partition coefficient (Wildman–Crippen LogP) is -6.54. The van der Waals surface area contributed by atoms with Gasteiger partial charge in [-0.15, -0.1) is 0 Å². The van der Waals surface area contributed by atoms with Crippen LogP contribution in [-0.4, -0.2) is 25.9 Å². The van der Waals surface area contributed by atoms with Crippen LogP contribution in [0.25, 0.3) is 0 Å². The van der Waals surface area contributed by atoms with Gasteiger partial charge in [-0.3, -0.25) is 0 Å². The topological polar surface area (TPSA) is 161 Å². The van der Waals surface area contributed by atoms with Gasteiger partial charge in [0, 0.05) is 25.9 Å². The summed E-state index contributed by atoms with van der Waals surface area (Å²) in [7, 11) is 0. The first-order valence-electron chi connectivity index (χ1n) is 1.89. The van der Waals surface area contributed by atoms with E-state index in [4.69, 9.17) is 39.6 Å². The van der Waals surface area contributed by atoms with Crippen LogP contribution in [0.5, 0.6) is 0 Å². The van der Waals surface area contributed by atoms with Gasteiger partial charge in [0.15, 0.2) is 0 Å². The van der Waals surface area contributed by atoms with Crippen molar-refractivity contribution in [2.45, 2.75) is 0 Å². The van der Waals surface area contributed by atoms with Crippen LogP contribution in [0.2, 0.25) is 0 Å². The number of carbonyl (C=O) groups is 4. The van der Waals surface area contributed by atoms with Gasteiger partial charge in [-0.2, -0.15) is 0 Å². The van der Waals surface area contributed by atoms with Crippen molar-refractivity contribution in [2.24, 2.45) is 0 Å². The molecule has 13 heavy (non-hydrogen) atoms. The second-order valence-corrected chi connectivity index (χ2v) is 0.385. The number of rotatable bonds is 0. The van der Waals surface area contributed by atoms with Crippen LogP contribution >= 0.6 is 0 Å². The third-order valence-corrected chi connectivity index (χ3v) is 0. The molecule has 0 atom stereocenters. The molecule has 1 radical (unpaired) electrons. The largest absolute Gasteiger partial charge is 4.00 e. The molecular weight excluding hydrogens is 368 g/mol. The van der Waals surface area contributed by atoms with Gasteiger partial charge in [-0.25, -0.2) is 0 Å². The summed E-state index contributed by atoms with van der Waals surface area (Å²) < 4.78 is 0. The minimum Gasteiger partial charge on any atom is -0.554 e. The van der Waals surface area contributed by atoms with Gasteiger partial charge in [0.1, 0.15) is 0 Å². The summed E-state index contributed by atoms with van der Waals surface area (Å²) in [4.78, 5) is 33.0. The molecule has 9 heteroatoms. The third kappa shape index (κ3) is 354. The summed E-state index contributed by atoms with van der Waals surface area (Å²) in [6.07, 6.45) is 0. The number of carbonyl (C=O) groups excluding carboxylic acids is 4. The molecule has 0 aromatic carbocycles. The average Bonchev–Trinajstić information content (AvgIpc) is 1.92. The molecule has 0 N–H and O–H groups in total. The molecule has 0 aliphatic carbocycles. The molecule has 0 aliphatic rings. The van der Waals surface area contributed by atoms with Gasteiger partial charge in [-0.05, 0) is 0 Å². The average molecular weight is 372 g/mol. The van der Waals surface area contributed by atoms with Crippen molar-refractivity contribution >= 4 is 25.9 Å². The molecular formula is C4H4IrO8. The van der Waals surface area contributed by atoms with Crippen LogP contribution in [0.15, 0.2) is 0 Å². The van der Waals surface area contributed by atoms with Gasteiger partial charge in [0.05, 0.1) is 0 Å². The Kier molecular flexibility index (Phi) is 345. The standard InChI is InChI=1S/4CH2O2.Ir/c4*2-1-3;/h4*1H,(H,2,3);/q;;;;+4/p-4. The Labute approximate surface area is 86.2 Å². The molecule has 0 saturated heterocycles. The summed E-state index contributed by atoms with van der Waals surface area (Å²) in [6, 6.07) is 0. The molecule has 0 saturated carbocycles.